The van der Waals surface area contributed by atoms with E-state index in [4.69, 9.17) is 0 Å². The van der Waals surface area contributed by atoms with Crippen molar-refractivity contribution in [2.45, 2.75) is 38.1 Å². The molecule has 1 N–H and O–H groups in total. The van der Waals surface area contributed by atoms with Gasteiger partial charge >= 0.3 is 0 Å². The van der Waals surface area contributed by atoms with Gasteiger partial charge in [0.05, 0.1) is 0 Å². The standard InChI is InChI=1S/C8H14N4/c1-2-4-8(5-3-1)11-12-6-9-10-7-12/h6-8,11H,1-5H2. The minimum atomic E-state index is 0.620. The maximum atomic E-state index is 3.74. The topological polar surface area (TPSA) is 42.7 Å². The van der Waals surface area contributed by atoms with E-state index < -0.39 is 0 Å². The molecule has 0 bridgehead atoms. The highest BCUT2D eigenvalue weighted by Gasteiger charge is 2.12. The highest BCUT2D eigenvalue weighted by molar-refractivity contribution is 4.84. The van der Waals surface area contributed by atoms with Crippen molar-refractivity contribution in [2.75, 3.05) is 5.43 Å². The largest absolute Gasteiger partial charge is 0.320 e. The lowest BCUT2D eigenvalue weighted by molar-refractivity contribution is 0.438. The van der Waals surface area contributed by atoms with Gasteiger partial charge in [-0.05, 0) is 12.8 Å². The molecule has 1 aromatic heterocycles. The Balaban J connectivity index is 1.86. The summed E-state index contributed by atoms with van der Waals surface area (Å²) in [6.07, 6.45) is 10.0. The molecule has 0 aromatic carbocycles. The molecule has 1 fully saturated rings. The summed E-state index contributed by atoms with van der Waals surface area (Å²) in [5, 5.41) is 7.48. The quantitative estimate of drug-likeness (QED) is 0.716. The Morgan fingerprint density at radius 1 is 1.08 bits per heavy atom. The van der Waals surface area contributed by atoms with Crippen molar-refractivity contribution >= 4 is 0 Å². The van der Waals surface area contributed by atoms with E-state index in [1.54, 1.807) is 12.7 Å². The normalized spacial score (nSPS) is 19.3. The first-order chi connectivity index (χ1) is 5.95. The van der Waals surface area contributed by atoms with Crippen molar-refractivity contribution in [1.82, 2.24) is 14.9 Å². The van der Waals surface area contributed by atoms with Crippen LogP contribution in [0.25, 0.3) is 0 Å². The maximum absolute atomic E-state index is 3.74. The third-order valence-corrected chi connectivity index (χ3v) is 2.36. The van der Waals surface area contributed by atoms with Crippen LogP contribution in [-0.4, -0.2) is 20.9 Å². The Labute approximate surface area is 72.0 Å². The van der Waals surface area contributed by atoms with Crippen LogP contribution in [0.3, 0.4) is 0 Å². The highest BCUT2D eigenvalue weighted by Crippen LogP contribution is 2.17. The van der Waals surface area contributed by atoms with Crippen molar-refractivity contribution in [3.05, 3.63) is 12.7 Å². The molecule has 1 saturated carbocycles. The summed E-state index contributed by atoms with van der Waals surface area (Å²) in [4.78, 5) is 0. The Morgan fingerprint density at radius 3 is 2.42 bits per heavy atom. The second-order valence-corrected chi connectivity index (χ2v) is 3.33. The molecule has 1 aliphatic rings. The van der Waals surface area contributed by atoms with E-state index in [0.717, 1.165) is 0 Å². The first kappa shape index (κ1) is 7.58. The number of nitrogens with zero attached hydrogens (tertiary/aromatic N) is 3. The molecular formula is C8H14N4. The fourth-order valence-electron chi connectivity index (χ4n) is 1.71. The molecule has 4 heteroatoms. The molecule has 0 unspecified atom stereocenters. The van der Waals surface area contributed by atoms with Crippen LogP contribution in [0.4, 0.5) is 0 Å². The zero-order chi connectivity index (χ0) is 8.23. The van der Waals surface area contributed by atoms with Gasteiger partial charge in [-0.3, -0.25) is 0 Å². The molecule has 0 spiro atoms. The van der Waals surface area contributed by atoms with Gasteiger partial charge in [-0.1, -0.05) is 19.3 Å². The van der Waals surface area contributed by atoms with Crippen LogP contribution in [0, 0.1) is 0 Å². The molecule has 1 aromatic rings. The summed E-state index contributed by atoms with van der Waals surface area (Å²) in [7, 11) is 0. The molecule has 0 aliphatic heterocycles. The van der Waals surface area contributed by atoms with Gasteiger partial charge in [-0.25, -0.2) is 4.68 Å². The Kier molecular flexibility index (Phi) is 2.25. The van der Waals surface area contributed by atoms with Crippen LogP contribution >= 0.6 is 0 Å². The van der Waals surface area contributed by atoms with Gasteiger partial charge in [0.1, 0.15) is 12.7 Å². The van der Waals surface area contributed by atoms with Gasteiger partial charge < -0.3 is 5.43 Å². The fraction of sp³-hybridized carbons (Fsp3) is 0.750. The molecular weight excluding hydrogens is 152 g/mol. The lowest BCUT2D eigenvalue weighted by Gasteiger charge is -2.23. The maximum Gasteiger partial charge on any atom is 0.138 e. The summed E-state index contributed by atoms with van der Waals surface area (Å²) in [6, 6.07) is 0.620. The molecule has 4 nitrogen and oxygen atoms in total. The van der Waals surface area contributed by atoms with Crippen molar-refractivity contribution in [3.8, 4) is 0 Å². The van der Waals surface area contributed by atoms with Gasteiger partial charge in [0.25, 0.3) is 0 Å². The van der Waals surface area contributed by atoms with E-state index in [2.05, 4.69) is 15.6 Å². The molecule has 1 heterocycles. The van der Waals surface area contributed by atoms with E-state index in [9.17, 15) is 0 Å². The van der Waals surface area contributed by atoms with Crippen molar-refractivity contribution in [2.24, 2.45) is 0 Å². The van der Waals surface area contributed by atoms with Crippen LogP contribution in [-0.2, 0) is 0 Å². The Bertz CT molecular complexity index is 213. The molecule has 0 amide bonds. The van der Waals surface area contributed by atoms with E-state index in [1.165, 1.54) is 32.1 Å². The van der Waals surface area contributed by atoms with Crippen LogP contribution in [0.5, 0.6) is 0 Å². The van der Waals surface area contributed by atoms with Crippen LogP contribution in [0.15, 0.2) is 12.7 Å². The zero-order valence-electron chi connectivity index (χ0n) is 7.11. The van der Waals surface area contributed by atoms with E-state index in [-0.39, 0.29) is 0 Å². The number of nitrogens with one attached hydrogen (secondary N) is 1. The lowest BCUT2D eigenvalue weighted by Crippen LogP contribution is -2.28. The summed E-state index contributed by atoms with van der Waals surface area (Å²) < 4.78 is 1.84. The van der Waals surface area contributed by atoms with Gasteiger partial charge in [0, 0.05) is 6.04 Å². The molecule has 12 heavy (non-hydrogen) atoms. The Morgan fingerprint density at radius 2 is 1.75 bits per heavy atom. The first-order valence-electron chi connectivity index (χ1n) is 4.56. The molecule has 0 saturated heterocycles. The average Bonchev–Trinajstić information content (AvgIpc) is 2.59. The summed E-state index contributed by atoms with van der Waals surface area (Å²) >= 11 is 0. The molecule has 0 atom stereocenters. The second kappa shape index (κ2) is 3.56. The predicted molar refractivity (Wildman–Crippen MR) is 46.3 cm³/mol. The predicted octanol–water partition coefficient (Wildman–Crippen LogP) is 1.15. The summed E-state index contributed by atoms with van der Waals surface area (Å²) in [5.41, 5.74) is 3.35. The zero-order valence-corrected chi connectivity index (χ0v) is 7.11. The van der Waals surface area contributed by atoms with Gasteiger partial charge in [0.15, 0.2) is 0 Å². The minimum Gasteiger partial charge on any atom is -0.320 e. The smallest absolute Gasteiger partial charge is 0.138 e. The van der Waals surface area contributed by atoms with Gasteiger partial charge in [-0.15, -0.1) is 10.2 Å². The summed E-state index contributed by atoms with van der Waals surface area (Å²) in [5.74, 6) is 0. The van der Waals surface area contributed by atoms with Crippen molar-refractivity contribution < 1.29 is 0 Å². The van der Waals surface area contributed by atoms with E-state index >= 15 is 0 Å². The first-order valence-corrected chi connectivity index (χ1v) is 4.56. The summed E-state index contributed by atoms with van der Waals surface area (Å²) in [6.45, 7) is 0. The number of aromatic nitrogens is 3. The highest BCUT2D eigenvalue weighted by atomic mass is 15.5. The molecule has 0 radical (unpaired) electrons. The number of hydrogen-bond donors (Lipinski definition) is 1. The van der Waals surface area contributed by atoms with Gasteiger partial charge in [0.2, 0.25) is 0 Å². The van der Waals surface area contributed by atoms with Crippen LogP contribution in [0.1, 0.15) is 32.1 Å². The lowest BCUT2D eigenvalue weighted by atomic mass is 9.96. The second-order valence-electron chi connectivity index (χ2n) is 3.33. The molecule has 1 aliphatic carbocycles. The average molecular weight is 166 g/mol. The van der Waals surface area contributed by atoms with Crippen molar-refractivity contribution in [1.29, 1.82) is 0 Å². The monoisotopic (exact) mass is 166 g/mol. The fourth-order valence-corrected chi connectivity index (χ4v) is 1.71. The van der Waals surface area contributed by atoms with E-state index in [1.807, 2.05) is 4.68 Å². The number of hydrogen-bond acceptors (Lipinski definition) is 3. The third-order valence-electron chi connectivity index (χ3n) is 2.36. The van der Waals surface area contributed by atoms with E-state index in [0.29, 0.717) is 6.04 Å². The Hall–Kier alpha value is -1.06. The minimum absolute atomic E-state index is 0.620. The van der Waals surface area contributed by atoms with Crippen molar-refractivity contribution in [3.63, 3.8) is 0 Å². The van der Waals surface area contributed by atoms with Gasteiger partial charge in [-0.2, -0.15) is 0 Å². The number of rotatable bonds is 2. The third kappa shape index (κ3) is 1.75. The van der Waals surface area contributed by atoms with Crippen LogP contribution in [0.2, 0.25) is 0 Å². The molecule has 66 valence electrons. The molecule has 2 rings (SSSR count). The SMILES string of the molecule is c1nncn1NC1CCCCC1. The van der Waals surface area contributed by atoms with Crippen LogP contribution < -0.4 is 5.43 Å².